The smallest absolute Gasteiger partial charge is 0.237 e. The van der Waals surface area contributed by atoms with E-state index in [1.54, 1.807) is 54.1 Å². The van der Waals surface area contributed by atoms with E-state index in [4.69, 9.17) is 18.1 Å². The first-order valence-corrected chi connectivity index (χ1v) is 58.9. The topological polar surface area (TPSA) is 280 Å². The van der Waals surface area contributed by atoms with E-state index in [2.05, 4.69) is 254 Å². The van der Waals surface area contributed by atoms with Crippen molar-refractivity contribution >= 4 is 120 Å². The van der Waals surface area contributed by atoms with Gasteiger partial charge >= 0.3 is 0 Å². The number of para-hydroxylation sites is 6. The van der Waals surface area contributed by atoms with E-state index in [1.807, 2.05) is 124 Å². The van der Waals surface area contributed by atoms with Gasteiger partial charge in [-0.1, -0.05) is 190 Å². The van der Waals surface area contributed by atoms with Crippen LogP contribution in [0, 0.1) is 103 Å². The Hall–Kier alpha value is -12.1. The average molecular weight is 2130 g/mol. The summed E-state index contributed by atoms with van der Waals surface area (Å²) < 4.78 is 57.8. The van der Waals surface area contributed by atoms with Crippen LogP contribution in [0.5, 0.6) is 0 Å². The van der Waals surface area contributed by atoms with Crippen LogP contribution in [0.25, 0.3) is 0 Å². The van der Waals surface area contributed by atoms with Crippen molar-refractivity contribution in [3.8, 4) is 0 Å². The quantitative estimate of drug-likeness (QED) is 0.0354. The molecule has 5 saturated heterocycles. The summed E-state index contributed by atoms with van der Waals surface area (Å²) in [5.41, 5.74) is 24.8. The molecule has 28 nitrogen and oxygen atoms in total. The van der Waals surface area contributed by atoms with Crippen molar-refractivity contribution in [2.45, 2.75) is 138 Å². The fraction of sp³-hybridized carbons (Fsp3) is 0.444. The predicted octanol–water partition coefficient (Wildman–Crippen LogP) is 18.2. The standard InChI is InChI=1S/C21H24N2O.C20H24N2OS.C19H25N3O4S.C19H25N3O3S.C19H27N3O2S.C19H27N3OS/c1-16-7-5-6-10-20(16)22-11-13-23(14-12-22)21(24)19-15-18(19)17-8-3-2-4-9-17;1-17-7-5-6-10-19(17)21-11-13-22(14-12-21)20(23)16-24-15-18-8-3-2-4-9-18;1-14-6-4-5-7-18(14)21-8-10-22(11-9-21)19(23)13-27(24,25)12-17-15(2)20-26-16(17)3;1-14-6-4-5-7-18(14)21-8-10-22(11-9-21)19(23)13-26(24)12-17-15(2)20-25-16(17)3;1-14-8-6-7-9-18(14)21(4)10-11-22(5)19(23)13-25-12-17-15(2)20-24-16(17)3;1-15-6-4-5-7-19(15)22-10-8-21(9-11-22)12-13-24-14-18-16(2)20-23-17(18)3/h2-10,18-19H,11-15H2,1H3;2-10H,11-16H2,1H3;4-7H,8-13H2,1-3H3;4-7H,8-13H2,1-3H3;6-9H,10-13H2,1-5H3;4-7H,8-14H2,1-3H3/t18-,19+;;;;;/m1...../s1. The molecule has 0 bridgehead atoms. The minimum Gasteiger partial charge on any atom is -0.373 e. The van der Waals surface area contributed by atoms with Crippen LogP contribution in [0.4, 0.5) is 34.1 Å². The van der Waals surface area contributed by atoms with Gasteiger partial charge in [-0.25, -0.2) is 8.42 Å². The van der Waals surface area contributed by atoms with Gasteiger partial charge < -0.3 is 72.0 Å². The molecule has 802 valence electrons. The number of carbonyl (C=O) groups excluding carboxylic acids is 5. The molecule has 150 heavy (non-hydrogen) atoms. The molecule has 12 aromatic rings. The first-order chi connectivity index (χ1) is 72.2. The summed E-state index contributed by atoms with van der Waals surface area (Å²) in [5, 5.41) is 15.6. The molecule has 1 saturated carbocycles. The van der Waals surface area contributed by atoms with E-state index in [1.165, 1.54) is 78.5 Å². The Balaban J connectivity index is 0.000000150. The molecule has 0 radical (unpaired) electrons. The zero-order valence-corrected chi connectivity index (χ0v) is 94.5. The summed E-state index contributed by atoms with van der Waals surface area (Å²) in [5.74, 6) is 8.50. The number of benzene rings is 8. The van der Waals surface area contributed by atoms with Crippen molar-refractivity contribution < 1.29 is 54.7 Å². The first-order valence-electron chi connectivity index (χ1n) is 52.2. The Morgan fingerprint density at radius 2 is 0.727 bits per heavy atom. The van der Waals surface area contributed by atoms with E-state index >= 15 is 0 Å². The Kier molecular flexibility index (Phi) is 43.6. The Morgan fingerprint density at radius 1 is 0.373 bits per heavy atom. The third kappa shape index (κ3) is 33.4. The largest absolute Gasteiger partial charge is 0.373 e. The van der Waals surface area contributed by atoms with Crippen LogP contribution in [0.15, 0.2) is 224 Å². The van der Waals surface area contributed by atoms with Crippen molar-refractivity contribution in [2.75, 3.05) is 223 Å². The molecule has 0 spiro atoms. The van der Waals surface area contributed by atoms with Gasteiger partial charge in [0.1, 0.15) is 34.5 Å². The summed E-state index contributed by atoms with van der Waals surface area (Å²) >= 11 is 5.28. The van der Waals surface area contributed by atoms with Gasteiger partial charge in [-0.05, 0) is 190 Å². The van der Waals surface area contributed by atoms with Gasteiger partial charge in [0.15, 0.2) is 9.84 Å². The fourth-order valence-electron chi connectivity index (χ4n) is 19.3. The average Bonchev–Trinajstić information content (AvgIpc) is 1.62. The maximum atomic E-state index is 12.8. The number of rotatable bonds is 32. The van der Waals surface area contributed by atoms with E-state index in [-0.39, 0.29) is 41.1 Å². The summed E-state index contributed by atoms with van der Waals surface area (Å²) in [6.45, 7) is 47.2. The van der Waals surface area contributed by atoms with E-state index < -0.39 is 26.4 Å². The van der Waals surface area contributed by atoms with Crippen molar-refractivity contribution in [3.05, 3.63) is 319 Å². The number of thioether (sulfide) groups is 3. The third-order valence-electron chi connectivity index (χ3n) is 28.8. The zero-order chi connectivity index (χ0) is 107. The molecule has 18 rings (SSSR count). The minimum atomic E-state index is -3.58. The second-order valence-corrected chi connectivity index (χ2v) is 46.2. The molecular weight excluding hydrogens is 1980 g/mol. The number of nitrogens with zero attached hydrogens (tertiary/aromatic N) is 16. The first kappa shape index (κ1) is 115. The van der Waals surface area contributed by atoms with Gasteiger partial charge in [0.05, 0.1) is 45.8 Å². The van der Waals surface area contributed by atoms with Crippen LogP contribution >= 0.6 is 35.3 Å². The van der Waals surface area contributed by atoms with Crippen LogP contribution < -0.4 is 29.4 Å². The highest BCUT2D eigenvalue weighted by Crippen LogP contribution is 2.49. The van der Waals surface area contributed by atoms with Gasteiger partial charge in [0.2, 0.25) is 29.5 Å². The summed E-state index contributed by atoms with van der Waals surface area (Å²) in [6, 6.07) is 71.2. The number of amides is 5. The van der Waals surface area contributed by atoms with E-state index in [0.717, 1.165) is 180 Å². The highest BCUT2D eigenvalue weighted by molar-refractivity contribution is 7.99. The molecule has 6 aliphatic rings. The van der Waals surface area contributed by atoms with Crippen LogP contribution in [-0.4, -0.2) is 286 Å². The highest BCUT2D eigenvalue weighted by Gasteiger charge is 2.46. The van der Waals surface area contributed by atoms with Crippen LogP contribution in [-0.2, 0) is 73.4 Å². The molecule has 33 heteroatoms. The summed E-state index contributed by atoms with van der Waals surface area (Å²) in [7, 11) is -0.902. The molecule has 5 aliphatic heterocycles. The van der Waals surface area contributed by atoms with Crippen molar-refractivity contribution in [2.24, 2.45) is 5.92 Å². The fourth-order valence-corrected chi connectivity index (χ4v) is 25.3. The molecule has 1 unspecified atom stereocenters. The number of likely N-dealkylation sites (N-methyl/N-ethyl adjacent to an activating group) is 2. The van der Waals surface area contributed by atoms with Gasteiger partial charge in [-0.2, -0.15) is 11.8 Å². The molecule has 5 amide bonds. The lowest BCUT2D eigenvalue weighted by molar-refractivity contribution is -0.133. The Bertz CT molecular complexity index is 6420. The SMILES string of the molecule is Cc1ccccc1N(C)CCN(C)C(=O)CSCc1c(C)noc1C.Cc1ccccc1N1CCN(C(=O)CS(=O)(=O)Cc2c(C)noc2C)CC1.Cc1ccccc1N1CCN(C(=O)CS(=O)Cc2c(C)noc2C)CC1.Cc1ccccc1N1CCN(C(=O)CSCc2ccccc2)CC1.Cc1ccccc1N1CCN(C(=O)[C@H]2C[C@@H]2c2ccccc2)CC1.Cc1ccccc1N1CCN(CCSCc2c(C)noc2C)CC1. The number of hydrogen-bond donors (Lipinski definition) is 0. The Labute approximate surface area is 903 Å². The van der Waals surface area contributed by atoms with Gasteiger partial charge in [0, 0.05) is 261 Å². The number of aromatic nitrogens is 4. The van der Waals surface area contributed by atoms with Crippen LogP contribution in [0.3, 0.4) is 0 Å². The second-order valence-electron chi connectivity index (χ2n) is 39.6. The number of aryl methyl sites for hydroxylation is 14. The normalized spacial score (nSPS) is 15.9. The number of anilines is 6. The molecule has 0 N–H and O–H groups in total. The van der Waals surface area contributed by atoms with Crippen LogP contribution in [0.2, 0.25) is 0 Å². The molecule has 3 atom stereocenters. The minimum absolute atomic E-state index is 0.0421. The molecule has 1 aliphatic carbocycles. The number of carbonyl (C=O) groups is 5. The van der Waals surface area contributed by atoms with Crippen LogP contribution in [0.1, 0.15) is 125 Å². The predicted molar refractivity (Wildman–Crippen MR) is 612 cm³/mol. The molecule has 6 fully saturated rings. The molecular formula is C117H152N16O12S5. The molecule has 8 aromatic carbocycles. The lowest BCUT2D eigenvalue weighted by Gasteiger charge is -2.37. The monoisotopic (exact) mass is 2130 g/mol. The van der Waals surface area contributed by atoms with E-state index in [0.29, 0.717) is 97.7 Å². The highest BCUT2D eigenvalue weighted by atomic mass is 32.2. The summed E-state index contributed by atoms with van der Waals surface area (Å²) in [6.07, 6.45) is 1.01. The maximum absolute atomic E-state index is 12.8. The van der Waals surface area contributed by atoms with Crippen molar-refractivity contribution in [1.82, 2.24) is 50.0 Å². The lowest BCUT2D eigenvalue weighted by Crippen LogP contribution is -2.50. The second kappa shape index (κ2) is 56.8. The van der Waals surface area contributed by atoms with Gasteiger partial charge in [0.25, 0.3) is 0 Å². The lowest BCUT2D eigenvalue weighted by atomic mass is 10.1. The Morgan fingerprint density at radius 3 is 1.14 bits per heavy atom. The number of hydrogen-bond acceptors (Lipinski definition) is 26. The molecule has 4 aromatic heterocycles. The third-order valence-corrected chi connectivity index (χ3v) is 34.3. The maximum Gasteiger partial charge on any atom is 0.237 e. The number of sulfone groups is 1. The zero-order valence-electron chi connectivity index (χ0n) is 90.4. The van der Waals surface area contributed by atoms with Crippen molar-refractivity contribution in [1.29, 1.82) is 0 Å². The number of piperazine rings is 5. The van der Waals surface area contributed by atoms with Crippen molar-refractivity contribution in [3.63, 3.8) is 0 Å². The van der Waals surface area contributed by atoms with Gasteiger partial charge in [-0.15, -0.1) is 23.5 Å². The van der Waals surface area contributed by atoms with E-state index in [9.17, 15) is 36.6 Å². The summed E-state index contributed by atoms with van der Waals surface area (Å²) in [4.78, 5) is 88.4. The van der Waals surface area contributed by atoms with Gasteiger partial charge in [-0.3, -0.25) is 33.1 Å². The molecule has 9 heterocycles.